The van der Waals surface area contributed by atoms with Crippen molar-refractivity contribution in [3.8, 4) is 11.4 Å². The molecule has 1 saturated heterocycles. The third-order valence-corrected chi connectivity index (χ3v) is 7.57. The van der Waals surface area contributed by atoms with Crippen molar-refractivity contribution in [1.29, 1.82) is 0 Å². The first-order valence-electron chi connectivity index (χ1n) is 11.6. The zero-order chi connectivity index (χ0) is 24.8. The van der Waals surface area contributed by atoms with E-state index in [1.165, 1.54) is 8.99 Å². The second kappa shape index (κ2) is 11.0. The molecular weight excluding hydrogens is 468 g/mol. The molecule has 1 aliphatic rings. The third kappa shape index (κ3) is 5.72. The van der Waals surface area contributed by atoms with Gasteiger partial charge < -0.3 is 14.4 Å². The van der Waals surface area contributed by atoms with E-state index < -0.39 is 10.0 Å². The van der Waals surface area contributed by atoms with Gasteiger partial charge in [0.05, 0.1) is 29.5 Å². The van der Waals surface area contributed by atoms with Crippen LogP contribution in [0.5, 0.6) is 5.75 Å². The predicted octanol–water partition coefficient (Wildman–Crippen LogP) is 2.55. The highest BCUT2D eigenvalue weighted by Gasteiger charge is 2.30. The van der Waals surface area contributed by atoms with Gasteiger partial charge >= 0.3 is 5.56 Å². The van der Waals surface area contributed by atoms with E-state index in [1.807, 2.05) is 36.9 Å². The minimum atomic E-state index is -3.58. The van der Waals surface area contributed by atoms with E-state index in [1.54, 1.807) is 48.7 Å². The molecule has 0 atom stereocenters. The highest BCUT2D eigenvalue weighted by atomic mass is 32.2. The molecule has 9 nitrogen and oxygen atoms in total. The Bertz CT molecular complexity index is 1270. The topological polar surface area (TPSA) is 94.0 Å². The van der Waals surface area contributed by atoms with Gasteiger partial charge in [-0.1, -0.05) is 36.4 Å². The van der Waals surface area contributed by atoms with Crippen molar-refractivity contribution in [3.63, 3.8) is 0 Å². The largest absolute Gasteiger partial charge is 0.484 e. The Morgan fingerprint density at radius 1 is 0.914 bits per heavy atom. The van der Waals surface area contributed by atoms with Gasteiger partial charge in [0.2, 0.25) is 15.8 Å². The van der Waals surface area contributed by atoms with E-state index >= 15 is 0 Å². The number of piperazine rings is 1. The van der Waals surface area contributed by atoms with Crippen molar-refractivity contribution < 1.29 is 17.9 Å². The van der Waals surface area contributed by atoms with E-state index in [0.717, 1.165) is 0 Å². The van der Waals surface area contributed by atoms with E-state index in [4.69, 9.17) is 9.47 Å². The summed E-state index contributed by atoms with van der Waals surface area (Å²) in [6, 6.07) is 17.5. The number of aromatic nitrogens is 2. The Balaban J connectivity index is 1.57. The number of sulfonamides is 1. The first-order valence-corrected chi connectivity index (χ1v) is 13.0. The van der Waals surface area contributed by atoms with Crippen LogP contribution in [0.25, 0.3) is 5.69 Å². The van der Waals surface area contributed by atoms with Crippen LogP contribution in [0.2, 0.25) is 0 Å². The van der Waals surface area contributed by atoms with E-state index in [2.05, 4.69) is 5.10 Å². The Morgan fingerprint density at radius 3 is 2.17 bits per heavy atom. The maximum Gasteiger partial charge on any atom is 0.316 e. The predicted molar refractivity (Wildman–Crippen MR) is 134 cm³/mol. The summed E-state index contributed by atoms with van der Waals surface area (Å²) < 4.78 is 40.2. The number of hydrogen-bond donors (Lipinski definition) is 0. The van der Waals surface area contributed by atoms with Gasteiger partial charge in [0.1, 0.15) is 12.3 Å². The van der Waals surface area contributed by atoms with Crippen molar-refractivity contribution in [1.82, 2.24) is 14.1 Å². The second-order valence-corrected chi connectivity index (χ2v) is 10.3. The molecule has 186 valence electrons. The molecule has 2 heterocycles. The van der Waals surface area contributed by atoms with Gasteiger partial charge in [0.25, 0.3) is 0 Å². The summed E-state index contributed by atoms with van der Waals surface area (Å²) in [7, 11) is -3.58. The lowest BCUT2D eigenvalue weighted by molar-refractivity contribution is 0.0549. The van der Waals surface area contributed by atoms with Crippen molar-refractivity contribution in [2.24, 2.45) is 0 Å². The first kappa shape index (κ1) is 24.9. The molecule has 0 bridgehead atoms. The fraction of sp³-hybridized carbons (Fsp3) is 0.360. The number of ether oxygens (including phenoxy) is 2. The van der Waals surface area contributed by atoms with Gasteiger partial charge in [-0.2, -0.15) is 14.1 Å². The van der Waals surface area contributed by atoms with Gasteiger partial charge in [-0.15, -0.1) is 0 Å². The number of para-hydroxylation sites is 1. The van der Waals surface area contributed by atoms with Crippen molar-refractivity contribution in [3.05, 3.63) is 77.2 Å². The summed E-state index contributed by atoms with van der Waals surface area (Å²) in [4.78, 5) is 15.6. The molecule has 10 heteroatoms. The summed E-state index contributed by atoms with van der Waals surface area (Å²) in [6.07, 6.45) is 1.66. The van der Waals surface area contributed by atoms with Gasteiger partial charge in [-0.3, -0.25) is 4.79 Å². The van der Waals surface area contributed by atoms with Crippen LogP contribution in [0.1, 0.15) is 13.8 Å². The Morgan fingerprint density at radius 2 is 1.54 bits per heavy atom. The molecule has 0 unspecified atom stereocenters. The fourth-order valence-electron chi connectivity index (χ4n) is 3.88. The average Bonchev–Trinajstić information content (AvgIpc) is 2.88. The highest BCUT2D eigenvalue weighted by molar-refractivity contribution is 7.89. The standard InChI is InChI=1S/C25H30N4O5S/c1-20(2)33-17-18-34-24-23(19-26-29(25(24)30)21-9-5-3-6-10-21)27-13-15-28(16-14-27)35(31,32)22-11-7-4-8-12-22/h3-12,19-20H,13-18H2,1-2H3. The van der Waals surface area contributed by atoms with E-state index in [9.17, 15) is 13.2 Å². The monoisotopic (exact) mass is 498 g/mol. The molecule has 1 fully saturated rings. The molecule has 4 rings (SSSR count). The highest BCUT2D eigenvalue weighted by Crippen LogP contribution is 2.27. The van der Waals surface area contributed by atoms with Crippen LogP contribution in [0.15, 0.2) is 76.6 Å². The second-order valence-electron chi connectivity index (χ2n) is 8.38. The first-order chi connectivity index (χ1) is 16.9. The van der Waals surface area contributed by atoms with E-state index in [-0.39, 0.29) is 42.0 Å². The van der Waals surface area contributed by atoms with Crippen molar-refractivity contribution >= 4 is 15.7 Å². The number of nitrogens with zero attached hydrogens (tertiary/aromatic N) is 4. The quantitative estimate of drug-likeness (QED) is 0.419. The summed E-state index contributed by atoms with van der Waals surface area (Å²) >= 11 is 0. The smallest absolute Gasteiger partial charge is 0.316 e. The van der Waals surface area contributed by atoms with Crippen LogP contribution in [0.4, 0.5) is 5.69 Å². The van der Waals surface area contributed by atoms with Gasteiger partial charge in [0, 0.05) is 26.2 Å². The van der Waals surface area contributed by atoms with Gasteiger partial charge in [-0.05, 0) is 38.1 Å². The fourth-order valence-corrected chi connectivity index (χ4v) is 5.32. The lowest BCUT2D eigenvalue weighted by Gasteiger charge is -2.35. The maximum atomic E-state index is 13.4. The number of rotatable bonds is 9. The number of benzene rings is 2. The van der Waals surface area contributed by atoms with Crippen molar-refractivity contribution in [2.45, 2.75) is 24.8 Å². The molecule has 35 heavy (non-hydrogen) atoms. The molecule has 1 aromatic heterocycles. The summed E-state index contributed by atoms with van der Waals surface area (Å²) in [5.41, 5.74) is 0.798. The Kier molecular flexibility index (Phi) is 7.84. The molecule has 0 spiro atoms. The zero-order valence-electron chi connectivity index (χ0n) is 19.9. The molecular formula is C25H30N4O5S. The molecule has 0 amide bonds. The average molecular weight is 499 g/mol. The van der Waals surface area contributed by atoms with Crippen molar-refractivity contribution in [2.75, 3.05) is 44.3 Å². The molecule has 2 aromatic carbocycles. The molecule has 0 aliphatic carbocycles. The van der Waals surface area contributed by atoms with Crippen LogP contribution < -0.4 is 15.2 Å². The van der Waals surface area contributed by atoms with E-state index in [0.29, 0.717) is 31.1 Å². The molecule has 0 N–H and O–H groups in total. The minimum Gasteiger partial charge on any atom is -0.484 e. The lowest BCUT2D eigenvalue weighted by atomic mass is 10.3. The number of hydrogen-bond acceptors (Lipinski definition) is 7. The maximum absolute atomic E-state index is 13.4. The van der Waals surface area contributed by atoms with Crippen LogP contribution in [0.3, 0.4) is 0 Å². The minimum absolute atomic E-state index is 0.0520. The molecule has 1 aliphatic heterocycles. The van der Waals surface area contributed by atoms with Gasteiger partial charge in [0.15, 0.2) is 0 Å². The Labute approximate surface area is 205 Å². The van der Waals surface area contributed by atoms with Crippen LogP contribution in [-0.4, -0.2) is 68.0 Å². The van der Waals surface area contributed by atoms with Crippen LogP contribution >= 0.6 is 0 Å². The summed E-state index contributed by atoms with van der Waals surface area (Å²) in [5.74, 6) is 0.176. The van der Waals surface area contributed by atoms with Crippen LogP contribution in [-0.2, 0) is 14.8 Å². The zero-order valence-corrected chi connectivity index (χ0v) is 20.7. The lowest BCUT2D eigenvalue weighted by Crippen LogP contribution is -2.49. The summed E-state index contributed by atoms with van der Waals surface area (Å²) in [5, 5.41) is 4.38. The SMILES string of the molecule is CC(C)OCCOc1c(N2CCN(S(=O)(=O)c3ccccc3)CC2)cnn(-c2ccccc2)c1=O. The third-order valence-electron chi connectivity index (χ3n) is 5.66. The van der Waals surface area contributed by atoms with Crippen LogP contribution in [0, 0.1) is 0 Å². The van der Waals surface area contributed by atoms with Gasteiger partial charge in [-0.25, -0.2) is 8.42 Å². The molecule has 0 saturated carbocycles. The molecule has 0 radical (unpaired) electrons. The summed E-state index contributed by atoms with van der Waals surface area (Å²) in [6.45, 7) is 5.80. The number of anilines is 1. The Hall–Kier alpha value is -3.21. The normalized spacial score (nSPS) is 14.9. The molecule has 3 aromatic rings.